The quantitative estimate of drug-likeness (QED) is 0.829. The number of anilines is 1. The van der Waals surface area contributed by atoms with Gasteiger partial charge in [0.15, 0.2) is 5.13 Å². The van der Waals surface area contributed by atoms with E-state index < -0.39 is 5.60 Å². The van der Waals surface area contributed by atoms with Crippen LogP contribution in [0.25, 0.3) is 0 Å². The maximum absolute atomic E-state index is 12.3. The average Bonchev–Trinajstić information content (AvgIpc) is 3.21. The molecule has 23 heavy (non-hydrogen) atoms. The van der Waals surface area contributed by atoms with Crippen molar-refractivity contribution >= 4 is 22.4 Å². The summed E-state index contributed by atoms with van der Waals surface area (Å²) in [6.07, 6.45) is 6.21. The fourth-order valence-electron chi connectivity index (χ4n) is 2.77. The number of aliphatic hydroxyl groups is 1. The number of aromatic nitrogens is 4. The van der Waals surface area contributed by atoms with Gasteiger partial charge in [-0.3, -0.25) is 9.69 Å². The second kappa shape index (κ2) is 6.73. The Hall–Kier alpha value is -1.84. The minimum atomic E-state index is -0.796. The first-order valence-corrected chi connectivity index (χ1v) is 8.45. The Labute approximate surface area is 138 Å². The molecule has 1 fully saturated rings. The van der Waals surface area contributed by atoms with Crippen LogP contribution in [0.2, 0.25) is 0 Å². The maximum Gasteiger partial charge on any atom is 0.243 e. The van der Waals surface area contributed by atoms with Gasteiger partial charge in [-0.1, -0.05) is 5.21 Å². The van der Waals surface area contributed by atoms with Gasteiger partial charge in [0.25, 0.3) is 0 Å². The second-order valence-corrected chi connectivity index (χ2v) is 6.76. The van der Waals surface area contributed by atoms with Crippen LogP contribution in [0.15, 0.2) is 24.0 Å². The molecule has 0 bridgehead atoms. The van der Waals surface area contributed by atoms with Crippen LogP contribution < -0.4 is 5.32 Å². The predicted octanol–water partition coefficient (Wildman–Crippen LogP) is 0.589. The summed E-state index contributed by atoms with van der Waals surface area (Å²) in [5, 5.41) is 23.6. The molecule has 0 aliphatic carbocycles. The van der Waals surface area contributed by atoms with Gasteiger partial charge < -0.3 is 10.4 Å². The summed E-state index contributed by atoms with van der Waals surface area (Å²) in [4.78, 5) is 18.4. The third-order valence-corrected chi connectivity index (χ3v) is 4.94. The maximum atomic E-state index is 12.3. The number of nitrogens with zero attached hydrogens (tertiary/aromatic N) is 5. The molecule has 1 saturated heterocycles. The first kappa shape index (κ1) is 16.0. The summed E-state index contributed by atoms with van der Waals surface area (Å²) in [5.41, 5.74) is -0.796. The van der Waals surface area contributed by atoms with Crippen molar-refractivity contribution in [1.82, 2.24) is 24.9 Å². The van der Waals surface area contributed by atoms with Crippen molar-refractivity contribution in [3.8, 4) is 0 Å². The van der Waals surface area contributed by atoms with E-state index in [1.54, 1.807) is 23.3 Å². The van der Waals surface area contributed by atoms with E-state index in [0.29, 0.717) is 37.6 Å². The van der Waals surface area contributed by atoms with Crippen molar-refractivity contribution in [2.24, 2.45) is 0 Å². The Morgan fingerprint density at radius 2 is 2.26 bits per heavy atom. The SMILES string of the molecule is CC(C(=O)Nc1nccs1)N1CCC(O)(Cn2ccnn2)CC1. The first-order chi connectivity index (χ1) is 11.1. The Morgan fingerprint density at radius 1 is 1.48 bits per heavy atom. The summed E-state index contributed by atoms with van der Waals surface area (Å²) in [5.74, 6) is -0.0679. The van der Waals surface area contributed by atoms with E-state index >= 15 is 0 Å². The monoisotopic (exact) mass is 336 g/mol. The smallest absolute Gasteiger partial charge is 0.243 e. The van der Waals surface area contributed by atoms with Gasteiger partial charge >= 0.3 is 0 Å². The molecule has 9 heteroatoms. The van der Waals surface area contributed by atoms with Gasteiger partial charge in [-0.15, -0.1) is 16.4 Å². The molecule has 2 N–H and O–H groups in total. The molecule has 0 aromatic carbocycles. The van der Waals surface area contributed by atoms with Crippen LogP contribution >= 0.6 is 11.3 Å². The van der Waals surface area contributed by atoms with Crippen molar-refractivity contribution < 1.29 is 9.90 Å². The van der Waals surface area contributed by atoms with Crippen LogP contribution in [0, 0.1) is 0 Å². The van der Waals surface area contributed by atoms with E-state index in [9.17, 15) is 9.90 Å². The van der Waals surface area contributed by atoms with Crippen molar-refractivity contribution in [2.45, 2.75) is 38.0 Å². The standard InChI is InChI=1S/C14H20N6O2S/c1-11(12(21)17-13-15-5-9-23-13)19-6-2-14(22,3-7-19)10-20-8-4-16-18-20/h4-5,8-9,11,22H,2-3,6-7,10H2,1H3,(H,15,17,21). The lowest BCUT2D eigenvalue weighted by atomic mass is 9.90. The summed E-state index contributed by atoms with van der Waals surface area (Å²) in [6.45, 7) is 3.64. The van der Waals surface area contributed by atoms with Crippen LogP contribution in [-0.2, 0) is 11.3 Å². The van der Waals surface area contributed by atoms with Gasteiger partial charge in [-0.25, -0.2) is 9.67 Å². The molecule has 1 atom stereocenters. The van der Waals surface area contributed by atoms with E-state index in [-0.39, 0.29) is 11.9 Å². The molecule has 1 aliphatic rings. The number of hydrogen-bond donors (Lipinski definition) is 2. The highest BCUT2D eigenvalue weighted by molar-refractivity contribution is 7.13. The van der Waals surface area contributed by atoms with Gasteiger partial charge in [0.05, 0.1) is 24.4 Å². The topological polar surface area (TPSA) is 96.2 Å². The van der Waals surface area contributed by atoms with E-state index in [1.807, 2.05) is 12.3 Å². The summed E-state index contributed by atoms with van der Waals surface area (Å²) in [6, 6.07) is -0.255. The number of hydrogen-bond acceptors (Lipinski definition) is 7. The average molecular weight is 336 g/mol. The van der Waals surface area contributed by atoms with Crippen LogP contribution in [0.3, 0.4) is 0 Å². The normalized spacial score (nSPS) is 19.4. The van der Waals surface area contributed by atoms with E-state index in [2.05, 4.69) is 25.5 Å². The predicted molar refractivity (Wildman–Crippen MR) is 86.0 cm³/mol. The third-order valence-electron chi connectivity index (χ3n) is 4.25. The van der Waals surface area contributed by atoms with Gasteiger partial charge in [-0.2, -0.15) is 0 Å². The molecule has 1 unspecified atom stereocenters. The number of carbonyl (C=O) groups excluding carboxylic acids is 1. The number of amides is 1. The zero-order valence-electron chi connectivity index (χ0n) is 12.9. The molecular weight excluding hydrogens is 316 g/mol. The van der Waals surface area contributed by atoms with Crippen molar-refractivity contribution in [3.63, 3.8) is 0 Å². The molecule has 3 heterocycles. The van der Waals surface area contributed by atoms with E-state index in [0.717, 1.165) is 0 Å². The Balaban J connectivity index is 1.52. The van der Waals surface area contributed by atoms with Crippen molar-refractivity contribution in [2.75, 3.05) is 18.4 Å². The number of piperidine rings is 1. The molecular formula is C14H20N6O2S. The van der Waals surface area contributed by atoms with Gasteiger partial charge in [0.1, 0.15) is 0 Å². The molecule has 0 radical (unpaired) electrons. The Kier molecular flexibility index (Phi) is 4.69. The second-order valence-electron chi connectivity index (χ2n) is 5.86. The zero-order valence-corrected chi connectivity index (χ0v) is 13.7. The van der Waals surface area contributed by atoms with Crippen LogP contribution in [0.1, 0.15) is 19.8 Å². The summed E-state index contributed by atoms with van der Waals surface area (Å²) < 4.78 is 1.65. The molecule has 2 aromatic heterocycles. The summed E-state index contributed by atoms with van der Waals surface area (Å²) >= 11 is 1.40. The molecule has 124 valence electrons. The van der Waals surface area contributed by atoms with Crippen LogP contribution in [0.5, 0.6) is 0 Å². The summed E-state index contributed by atoms with van der Waals surface area (Å²) in [7, 11) is 0. The number of rotatable bonds is 5. The Bertz CT molecular complexity index is 622. The molecule has 0 saturated carbocycles. The van der Waals surface area contributed by atoms with Crippen LogP contribution in [0.4, 0.5) is 5.13 Å². The highest BCUT2D eigenvalue weighted by atomic mass is 32.1. The molecule has 2 aromatic rings. The van der Waals surface area contributed by atoms with E-state index in [1.165, 1.54) is 11.3 Å². The molecule has 8 nitrogen and oxygen atoms in total. The third kappa shape index (κ3) is 3.92. The fourth-order valence-corrected chi connectivity index (χ4v) is 3.30. The minimum Gasteiger partial charge on any atom is -0.388 e. The molecule has 3 rings (SSSR count). The molecule has 1 amide bonds. The van der Waals surface area contributed by atoms with E-state index in [4.69, 9.17) is 0 Å². The highest BCUT2D eigenvalue weighted by Gasteiger charge is 2.35. The number of likely N-dealkylation sites (tertiary alicyclic amines) is 1. The largest absolute Gasteiger partial charge is 0.388 e. The lowest BCUT2D eigenvalue weighted by molar-refractivity contribution is -0.123. The zero-order chi connectivity index (χ0) is 16.3. The van der Waals surface area contributed by atoms with Crippen molar-refractivity contribution in [3.05, 3.63) is 24.0 Å². The fraction of sp³-hybridized carbons (Fsp3) is 0.571. The van der Waals surface area contributed by atoms with Crippen molar-refractivity contribution in [1.29, 1.82) is 0 Å². The van der Waals surface area contributed by atoms with Gasteiger partial charge in [-0.05, 0) is 19.8 Å². The highest BCUT2D eigenvalue weighted by Crippen LogP contribution is 2.25. The van der Waals surface area contributed by atoms with Gasteiger partial charge in [0.2, 0.25) is 5.91 Å². The Morgan fingerprint density at radius 3 is 2.87 bits per heavy atom. The minimum absolute atomic E-state index is 0.0679. The lowest BCUT2D eigenvalue weighted by Crippen LogP contribution is -2.52. The number of nitrogens with one attached hydrogen (secondary N) is 1. The van der Waals surface area contributed by atoms with Crippen LogP contribution in [-0.4, -0.2) is 60.6 Å². The number of carbonyl (C=O) groups is 1. The number of thiazole rings is 1. The molecule has 0 spiro atoms. The molecule has 1 aliphatic heterocycles. The lowest BCUT2D eigenvalue weighted by Gasteiger charge is -2.40. The first-order valence-electron chi connectivity index (χ1n) is 7.57. The van der Waals surface area contributed by atoms with Gasteiger partial charge in [0, 0.05) is 30.9 Å².